The fourth-order valence-corrected chi connectivity index (χ4v) is 4.00. The minimum atomic E-state index is -3.53. The number of carbonyl (C=O) groups is 1. The average Bonchev–Trinajstić information content (AvgIpc) is 2.50. The van der Waals surface area contributed by atoms with Crippen molar-refractivity contribution in [3.63, 3.8) is 0 Å². The van der Waals surface area contributed by atoms with E-state index in [2.05, 4.69) is 5.32 Å². The molecule has 1 amide bonds. The Kier molecular flexibility index (Phi) is 6.31. The van der Waals surface area contributed by atoms with Gasteiger partial charge in [0.05, 0.1) is 11.9 Å². The Balaban J connectivity index is 2.13. The largest absolute Gasteiger partial charge is 0.326 e. The molecule has 2 rings (SSSR count). The minimum Gasteiger partial charge on any atom is -0.326 e. The Bertz CT molecular complexity index is 903. The van der Waals surface area contributed by atoms with Gasteiger partial charge in [0.15, 0.2) is 0 Å². The van der Waals surface area contributed by atoms with E-state index in [-0.39, 0.29) is 18.9 Å². The summed E-state index contributed by atoms with van der Waals surface area (Å²) in [6, 6.07) is 10.6. The van der Waals surface area contributed by atoms with Crippen molar-refractivity contribution in [3.8, 4) is 0 Å². The van der Waals surface area contributed by atoms with E-state index in [0.717, 1.165) is 28.6 Å². The van der Waals surface area contributed by atoms with Crippen molar-refractivity contribution < 1.29 is 13.2 Å². The number of hydrogen-bond donors (Lipinski definition) is 1. The molecule has 0 aliphatic carbocycles. The molecular weight excluding hydrogens is 372 g/mol. The SMILES string of the molecule is Cc1cc(C)c(NC(=O)CCN(c2cccc(Cl)c2)S(C)(=O)=O)c(C)c1. The highest BCUT2D eigenvalue weighted by atomic mass is 35.5. The average molecular weight is 395 g/mol. The van der Waals surface area contributed by atoms with Crippen LogP contribution in [0.1, 0.15) is 23.1 Å². The van der Waals surface area contributed by atoms with Gasteiger partial charge >= 0.3 is 0 Å². The van der Waals surface area contributed by atoms with Crippen molar-refractivity contribution in [1.29, 1.82) is 0 Å². The standard InChI is InChI=1S/C19H23ClN2O3S/c1-13-10-14(2)19(15(3)11-13)21-18(23)8-9-22(26(4,24)25)17-7-5-6-16(20)12-17/h5-7,10-12H,8-9H2,1-4H3,(H,21,23). The zero-order valence-corrected chi connectivity index (χ0v) is 16.9. The van der Waals surface area contributed by atoms with Crippen LogP contribution in [0.3, 0.4) is 0 Å². The number of amides is 1. The molecule has 0 saturated heterocycles. The normalized spacial score (nSPS) is 11.3. The Labute approximate surface area is 160 Å². The number of sulfonamides is 1. The van der Waals surface area contributed by atoms with Crippen molar-refractivity contribution in [2.45, 2.75) is 27.2 Å². The van der Waals surface area contributed by atoms with E-state index in [0.29, 0.717) is 10.7 Å². The Hall–Kier alpha value is -2.05. The Morgan fingerprint density at radius 2 is 1.73 bits per heavy atom. The molecule has 0 saturated carbocycles. The lowest BCUT2D eigenvalue weighted by Crippen LogP contribution is -2.33. The van der Waals surface area contributed by atoms with Crippen molar-refractivity contribution in [3.05, 3.63) is 58.1 Å². The van der Waals surface area contributed by atoms with Crippen LogP contribution in [0.4, 0.5) is 11.4 Å². The molecule has 0 aromatic heterocycles. The maximum absolute atomic E-state index is 12.4. The van der Waals surface area contributed by atoms with Gasteiger partial charge < -0.3 is 5.32 Å². The topological polar surface area (TPSA) is 66.5 Å². The first kappa shape index (κ1) is 20.3. The monoisotopic (exact) mass is 394 g/mol. The summed E-state index contributed by atoms with van der Waals surface area (Å²) in [6.07, 6.45) is 1.15. The first-order valence-electron chi connectivity index (χ1n) is 8.19. The van der Waals surface area contributed by atoms with Gasteiger partial charge in [-0.3, -0.25) is 9.10 Å². The number of hydrogen-bond acceptors (Lipinski definition) is 3. The zero-order chi connectivity index (χ0) is 19.5. The van der Waals surface area contributed by atoms with Crippen LogP contribution >= 0.6 is 11.6 Å². The second-order valence-corrected chi connectivity index (χ2v) is 8.73. The maximum atomic E-state index is 12.4. The Morgan fingerprint density at radius 3 is 2.27 bits per heavy atom. The number of nitrogens with zero attached hydrogens (tertiary/aromatic N) is 1. The van der Waals surface area contributed by atoms with Crippen LogP contribution in [-0.2, 0) is 14.8 Å². The van der Waals surface area contributed by atoms with E-state index in [1.54, 1.807) is 24.3 Å². The molecule has 0 spiro atoms. The molecule has 2 aromatic rings. The predicted molar refractivity (Wildman–Crippen MR) is 108 cm³/mol. The van der Waals surface area contributed by atoms with Gasteiger partial charge in [-0.05, 0) is 50.1 Å². The van der Waals surface area contributed by atoms with Crippen molar-refractivity contribution in [2.75, 3.05) is 22.4 Å². The maximum Gasteiger partial charge on any atom is 0.232 e. The summed E-state index contributed by atoms with van der Waals surface area (Å²) in [5.41, 5.74) is 4.29. The van der Waals surface area contributed by atoms with E-state index in [9.17, 15) is 13.2 Å². The van der Waals surface area contributed by atoms with E-state index in [1.807, 2.05) is 32.9 Å². The van der Waals surface area contributed by atoms with Crippen molar-refractivity contribution in [2.24, 2.45) is 0 Å². The van der Waals surface area contributed by atoms with Gasteiger partial charge in [-0.1, -0.05) is 35.4 Å². The lowest BCUT2D eigenvalue weighted by atomic mass is 10.1. The molecule has 0 atom stereocenters. The first-order valence-corrected chi connectivity index (χ1v) is 10.4. The highest BCUT2D eigenvalue weighted by Crippen LogP contribution is 2.24. The zero-order valence-electron chi connectivity index (χ0n) is 15.3. The molecule has 2 aromatic carbocycles. The number of rotatable bonds is 6. The lowest BCUT2D eigenvalue weighted by molar-refractivity contribution is -0.116. The molecule has 7 heteroatoms. The second kappa shape index (κ2) is 8.10. The molecule has 0 radical (unpaired) electrons. The van der Waals surface area contributed by atoms with Crippen LogP contribution in [-0.4, -0.2) is 27.1 Å². The number of halogens is 1. The van der Waals surface area contributed by atoms with E-state index < -0.39 is 10.0 Å². The molecule has 0 fully saturated rings. The van der Waals surface area contributed by atoms with Crippen LogP contribution in [0.25, 0.3) is 0 Å². The van der Waals surface area contributed by atoms with Gasteiger partial charge in [-0.25, -0.2) is 8.42 Å². The van der Waals surface area contributed by atoms with Crippen LogP contribution in [0, 0.1) is 20.8 Å². The van der Waals surface area contributed by atoms with Crippen LogP contribution < -0.4 is 9.62 Å². The molecule has 1 N–H and O–H groups in total. The van der Waals surface area contributed by atoms with Crippen LogP contribution in [0.5, 0.6) is 0 Å². The molecule has 0 aliphatic heterocycles. The highest BCUT2D eigenvalue weighted by Gasteiger charge is 2.19. The first-order chi connectivity index (χ1) is 12.1. The van der Waals surface area contributed by atoms with Gasteiger partial charge in [-0.15, -0.1) is 0 Å². The molecule has 140 valence electrons. The highest BCUT2D eigenvalue weighted by molar-refractivity contribution is 7.92. The minimum absolute atomic E-state index is 0.0341. The summed E-state index contributed by atoms with van der Waals surface area (Å²) < 4.78 is 25.4. The summed E-state index contributed by atoms with van der Waals surface area (Å²) in [5.74, 6) is -0.240. The summed E-state index contributed by atoms with van der Waals surface area (Å²) in [6.45, 7) is 5.91. The molecule has 0 unspecified atom stereocenters. The molecule has 5 nitrogen and oxygen atoms in total. The number of benzene rings is 2. The lowest BCUT2D eigenvalue weighted by Gasteiger charge is -2.22. The van der Waals surface area contributed by atoms with Gasteiger partial charge in [0.25, 0.3) is 0 Å². The predicted octanol–water partition coefficient (Wildman–Crippen LogP) is 4.06. The summed E-state index contributed by atoms with van der Waals surface area (Å²) >= 11 is 5.96. The van der Waals surface area contributed by atoms with Gasteiger partial charge in [0, 0.05) is 23.7 Å². The molecule has 26 heavy (non-hydrogen) atoms. The summed E-state index contributed by atoms with van der Waals surface area (Å²) in [5, 5.41) is 3.33. The van der Waals surface area contributed by atoms with E-state index >= 15 is 0 Å². The van der Waals surface area contributed by atoms with Gasteiger partial charge in [-0.2, -0.15) is 0 Å². The summed E-state index contributed by atoms with van der Waals surface area (Å²) in [7, 11) is -3.53. The number of anilines is 2. The third kappa shape index (κ3) is 5.22. The fraction of sp³-hybridized carbons (Fsp3) is 0.316. The number of aryl methyl sites for hydroxylation is 3. The third-order valence-electron chi connectivity index (χ3n) is 3.98. The fourth-order valence-electron chi connectivity index (χ4n) is 2.90. The molecule has 0 bridgehead atoms. The molecule has 0 heterocycles. The smallest absolute Gasteiger partial charge is 0.232 e. The van der Waals surface area contributed by atoms with Gasteiger partial charge in [0.2, 0.25) is 15.9 Å². The van der Waals surface area contributed by atoms with E-state index in [1.165, 1.54) is 4.31 Å². The number of nitrogens with one attached hydrogen (secondary N) is 1. The second-order valence-electron chi connectivity index (χ2n) is 6.39. The van der Waals surface area contributed by atoms with Crippen molar-refractivity contribution in [1.82, 2.24) is 0 Å². The van der Waals surface area contributed by atoms with E-state index in [4.69, 9.17) is 11.6 Å². The van der Waals surface area contributed by atoms with Crippen molar-refractivity contribution >= 4 is 38.9 Å². The third-order valence-corrected chi connectivity index (χ3v) is 5.41. The summed E-state index contributed by atoms with van der Waals surface area (Å²) in [4.78, 5) is 12.4. The Morgan fingerprint density at radius 1 is 1.12 bits per heavy atom. The van der Waals surface area contributed by atoms with Crippen LogP contribution in [0.15, 0.2) is 36.4 Å². The quantitative estimate of drug-likeness (QED) is 0.803. The number of carbonyl (C=O) groups excluding carboxylic acids is 1. The molecular formula is C19H23ClN2O3S. The molecule has 0 aliphatic rings. The van der Waals surface area contributed by atoms with Crippen LogP contribution in [0.2, 0.25) is 5.02 Å². The van der Waals surface area contributed by atoms with Gasteiger partial charge in [0.1, 0.15) is 0 Å².